The molecule has 0 aliphatic rings. The molecule has 17 aromatic rings. The Bertz CT molecular complexity index is 5350. The Hall–Kier alpha value is -10.0. The van der Waals surface area contributed by atoms with Gasteiger partial charge >= 0.3 is 0 Å². The molecule has 390 valence electrons. The zero-order valence-corrected chi connectivity index (χ0v) is 47.1. The molecule has 0 saturated carbocycles. The normalized spacial score (nSPS) is 11.9. The molecule has 4 nitrogen and oxygen atoms in total. The third-order valence-electron chi connectivity index (χ3n) is 16.4. The van der Waals surface area contributed by atoms with Gasteiger partial charge in [0.2, 0.25) is 0 Å². The van der Waals surface area contributed by atoms with Crippen LogP contribution in [0.1, 0.15) is 0 Å². The molecule has 0 aliphatic heterocycles. The molecule has 83 heavy (non-hydrogen) atoms. The second-order valence-corrected chi connectivity index (χ2v) is 24.4. The van der Waals surface area contributed by atoms with Gasteiger partial charge in [0.05, 0.1) is 5.69 Å². The molecular formula is C76H47N3OS3. The fourth-order valence-corrected chi connectivity index (χ4v) is 16.0. The minimum Gasteiger partial charge on any atom is -0.453 e. The Morgan fingerprint density at radius 2 is 0.602 bits per heavy atom. The zero-order valence-electron chi connectivity index (χ0n) is 44.6. The maximum Gasteiger partial charge on any atom is 0.159 e. The van der Waals surface area contributed by atoms with Gasteiger partial charge in [0.15, 0.2) is 5.58 Å². The van der Waals surface area contributed by atoms with Gasteiger partial charge in [0, 0.05) is 122 Å². The molecule has 0 spiro atoms. The monoisotopic (exact) mass is 1110 g/mol. The number of hydrogen-bond acceptors (Lipinski definition) is 7. The first-order valence-corrected chi connectivity index (χ1v) is 30.4. The number of rotatable bonds is 10. The number of hydrogen-bond donors (Lipinski definition) is 0. The smallest absolute Gasteiger partial charge is 0.159 e. The van der Waals surface area contributed by atoms with Crippen molar-refractivity contribution in [3.63, 3.8) is 0 Å². The highest BCUT2D eigenvalue weighted by atomic mass is 32.1. The predicted octanol–water partition coefficient (Wildman–Crippen LogP) is 23.9. The lowest BCUT2D eigenvalue weighted by Gasteiger charge is -2.29. The average Bonchev–Trinajstić information content (AvgIpc) is 4.32. The molecule has 4 aromatic heterocycles. The van der Waals surface area contributed by atoms with Gasteiger partial charge in [-0.25, -0.2) is 0 Å². The lowest BCUT2D eigenvalue weighted by Crippen LogP contribution is -2.13. The minimum atomic E-state index is 0.809. The summed E-state index contributed by atoms with van der Waals surface area (Å²) in [5.74, 6) is 0. The van der Waals surface area contributed by atoms with Crippen molar-refractivity contribution >= 4 is 178 Å². The number of thiophene rings is 3. The van der Waals surface area contributed by atoms with E-state index in [1.54, 1.807) is 0 Å². The van der Waals surface area contributed by atoms with Crippen LogP contribution < -0.4 is 14.7 Å². The van der Waals surface area contributed by atoms with E-state index >= 15 is 0 Å². The molecule has 0 radical (unpaired) electrons. The van der Waals surface area contributed by atoms with E-state index < -0.39 is 0 Å². The van der Waals surface area contributed by atoms with Crippen molar-refractivity contribution in [3.05, 3.63) is 285 Å². The molecule has 0 aliphatic carbocycles. The molecule has 0 saturated heterocycles. The van der Waals surface area contributed by atoms with E-state index in [2.05, 4.69) is 300 Å². The zero-order chi connectivity index (χ0) is 54.5. The minimum absolute atomic E-state index is 0.809. The van der Waals surface area contributed by atoms with Crippen molar-refractivity contribution in [1.29, 1.82) is 0 Å². The van der Waals surface area contributed by atoms with Crippen molar-refractivity contribution in [3.8, 4) is 11.1 Å². The Morgan fingerprint density at radius 1 is 0.217 bits per heavy atom. The van der Waals surface area contributed by atoms with Gasteiger partial charge < -0.3 is 19.1 Å². The van der Waals surface area contributed by atoms with Crippen LogP contribution in [-0.4, -0.2) is 0 Å². The van der Waals surface area contributed by atoms with Crippen molar-refractivity contribution in [2.24, 2.45) is 0 Å². The van der Waals surface area contributed by atoms with Gasteiger partial charge in [-0.1, -0.05) is 158 Å². The number of para-hydroxylation sites is 3. The second-order valence-electron chi connectivity index (χ2n) is 21.2. The summed E-state index contributed by atoms with van der Waals surface area (Å²) >= 11 is 5.53. The molecule has 4 heterocycles. The summed E-state index contributed by atoms with van der Waals surface area (Å²) in [5.41, 5.74) is 13.4. The Labute approximate surface area is 490 Å². The fourth-order valence-electron chi connectivity index (χ4n) is 12.6. The van der Waals surface area contributed by atoms with E-state index in [9.17, 15) is 0 Å². The third-order valence-corrected chi connectivity index (χ3v) is 19.8. The van der Waals surface area contributed by atoms with Crippen LogP contribution in [0.15, 0.2) is 290 Å². The summed E-state index contributed by atoms with van der Waals surface area (Å²) in [4.78, 5) is 7.19. The molecule has 0 atom stereocenters. The van der Waals surface area contributed by atoms with Crippen LogP contribution in [0.25, 0.3) is 104 Å². The van der Waals surface area contributed by atoms with Crippen LogP contribution in [0, 0.1) is 0 Å². The van der Waals surface area contributed by atoms with Gasteiger partial charge in [-0.05, 0) is 144 Å². The lowest BCUT2D eigenvalue weighted by molar-refractivity contribution is 0.673. The van der Waals surface area contributed by atoms with Crippen LogP contribution >= 0.6 is 34.0 Å². The van der Waals surface area contributed by atoms with Crippen molar-refractivity contribution in [2.45, 2.75) is 0 Å². The molecule has 0 bridgehead atoms. The topological polar surface area (TPSA) is 22.9 Å². The molecule has 17 rings (SSSR count). The molecule has 0 fully saturated rings. The molecule has 0 amide bonds. The quantitative estimate of drug-likeness (QED) is 0.136. The molecule has 0 unspecified atom stereocenters. The Kier molecular flexibility index (Phi) is 11.1. The largest absolute Gasteiger partial charge is 0.453 e. The van der Waals surface area contributed by atoms with E-state index in [4.69, 9.17) is 4.42 Å². The summed E-state index contributed by atoms with van der Waals surface area (Å²) < 4.78 is 15.1. The van der Waals surface area contributed by atoms with Gasteiger partial charge in [-0.3, -0.25) is 0 Å². The van der Waals surface area contributed by atoms with Gasteiger partial charge in [0.1, 0.15) is 5.58 Å². The van der Waals surface area contributed by atoms with Crippen molar-refractivity contribution < 1.29 is 4.42 Å². The lowest BCUT2D eigenvalue weighted by atomic mass is 9.95. The highest BCUT2D eigenvalue weighted by molar-refractivity contribution is 7.26. The molecule has 0 N–H and O–H groups in total. The first kappa shape index (κ1) is 47.8. The van der Waals surface area contributed by atoms with Crippen LogP contribution in [0.2, 0.25) is 0 Å². The Balaban J connectivity index is 0.895. The number of nitrogens with zero attached hydrogens (tertiary/aromatic N) is 3. The maximum absolute atomic E-state index is 7.52. The fraction of sp³-hybridized carbons (Fsp3) is 0. The number of fused-ring (bicyclic) bond motifs is 14. The number of benzene rings is 13. The number of anilines is 9. The average molecular weight is 1110 g/mol. The van der Waals surface area contributed by atoms with Crippen molar-refractivity contribution in [1.82, 2.24) is 0 Å². The third kappa shape index (κ3) is 7.92. The Morgan fingerprint density at radius 3 is 1.19 bits per heavy atom. The first-order chi connectivity index (χ1) is 41.1. The maximum atomic E-state index is 7.52. The number of furan rings is 1. The van der Waals surface area contributed by atoms with Crippen LogP contribution in [0.5, 0.6) is 0 Å². The summed E-state index contributed by atoms with van der Waals surface area (Å²) in [6.45, 7) is 0. The van der Waals surface area contributed by atoms with E-state index in [-0.39, 0.29) is 0 Å². The second kappa shape index (κ2) is 19.3. The van der Waals surface area contributed by atoms with E-state index in [0.29, 0.717) is 0 Å². The van der Waals surface area contributed by atoms with Crippen LogP contribution in [0.3, 0.4) is 0 Å². The highest BCUT2D eigenvalue weighted by Gasteiger charge is 2.27. The predicted molar refractivity (Wildman–Crippen MR) is 359 cm³/mol. The van der Waals surface area contributed by atoms with E-state index in [0.717, 1.165) is 95.0 Å². The van der Waals surface area contributed by atoms with Crippen molar-refractivity contribution in [2.75, 3.05) is 14.7 Å². The summed E-state index contributed by atoms with van der Waals surface area (Å²) in [5, 5.41) is 11.9. The molecule has 13 aromatic carbocycles. The summed E-state index contributed by atoms with van der Waals surface area (Å²) in [6, 6.07) is 104. The van der Waals surface area contributed by atoms with E-state index in [1.165, 1.54) is 60.5 Å². The van der Waals surface area contributed by atoms with Gasteiger partial charge in [-0.15, -0.1) is 34.0 Å². The standard InChI is InChI=1S/C76H47N3OS3/c1-4-18-49(19-5-1)77(53-38-41-72-65(42-53)60-27-14-17-31-71(60)81-72)52-34-32-48(33-35-52)64-47-67-66-43-56(78(50-20-6-2-7-21-50)54-36-39-61-58-25-12-15-29-69(58)82-73(61)45-54)44-68(76(66)80-75(67)63-28-11-10-24-57(63)64)79(51-22-8-3-9-23-51)55-37-40-62-59-26-13-16-30-70(59)83-74(62)46-55/h1-47H. The SMILES string of the molecule is c1ccc(N(c2ccc(-c3cc4c5cc(N(c6ccccc6)c6ccc7c(c6)sc6ccccc67)cc(N(c6ccccc6)c6ccc7c(c6)sc6ccccc67)c5oc4c4ccccc34)cc2)c2ccc3sc4ccccc4c3c2)cc1. The first-order valence-electron chi connectivity index (χ1n) is 28.0. The van der Waals surface area contributed by atoms with E-state index in [1.807, 2.05) is 34.0 Å². The summed E-state index contributed by atoms with van der Waals surface area (Å²) in [6.07, 6.45) is 0. The van der Waals surface area contributed by atoms with Gasteiger partial charge in [-0.2, -0.15) is 0 Å². The molecular weight excluding hydrogens is 1070 g/mol. The highest BCUT2D eigenvalue weighted by Crippen LogP contribution is 2.51. The van der Waals surface area contributed by atoms with Gasteiger partial charge in [0.25, 0.3) is 0 Å². The van der Waals surface area contributed by atoms with Crippen LogP contribution in [-0.2, 0) is 0 Å². The van der Waals surface area contributed by atoms with Crippen LogP contribution in [0.4, 0.5) is 51.2 Å². The molecule has 7 heteroatoms. The summed E-state index contributed by atoms with van der Waals surface area (Å²) in [7, 11) is 0.